The van der Waals surface area contributed by atoms with E-state index in [4.69, 9.17) is 5.11 Å². The van der Waals surface area contributed by atoms with Crippen LogP contribution in [0.4, 0.5) is 18.0 Å². The first-order valence-corrected chi connectivity index (χ1v) is 7.91. The molecule has 4 N–H and O–H groups in total. The van der Waals surface area contributed by atoms with Crippen molar-refractivity contribution in [3.05, 3.63) is 71.0 Å². The lowest BCUT2D eigenvalue weighted by atomic mass is 10.0. The highest BCUT2D eigenvalue weighted by atomic mass is 19.1. The Morgan fingerprint density at radius 1 is 1.00 bits per heavy atom. The van der Waals surface area contributed by atoms with E-state index in [1.807, 2.05) is 0 Å². The summed E-state index contributed by atoms with van der Waals surface area (Å²) >= 11 is 0. The second-order valence-corrected chi connectivity index (χ2v) is 5.87. The van der Waals surface area contributed by atoms with Gasteiger partial charge in [-0.1, -0.05) is 12.1 Å². The molecule has 0 saturated heterocycles. The normalized spacial score (nSPS) is 13.2. The van der Waals surface area contributed by atoms with Crippen LogP contribution in [0.15, 0.2) is 42.5 Å². The summed E-state index contributed by atoms with van der Waals surface area (Å²) in [6.45, 7) is 0.266. The molecule has 8 heteroatoms. The van der Waals surface area contributed by atoms with E-state index in [-0.39, 0.29) is 30.9 Å². The fraction of sp³-hybridized carbons (Fsp3) is 0.278. The summed E-state index contributed by atoms with van der Waals surface area (Å²) in [5, 5.41) is 24.2. The van der Waals surface area contributed by atoms with Gasteiger partial charge < -0.3 is 20.8 Å². The largest absolute Gasteiger partial charge is 0.465 e. The molecule has 2 rings (SSSR count). The van der Waals surface area contributed by atoms with Gasteiger partial charge in [0.25, 0.3) is 0 Å². The average Bonchev–Trinajstić information content (AvgIpc) is 2.53. The zero-order chi connectivity index (χ0) is 19.1. The molecule has 0 aromatic heterocycles. The van der Waals surface area contributed by atoms with Crippen LogP contribution in [0.1, 0.15) is 11.1 Å². The maximum Gasteiger partial charge on any atom is 0.404 e. The van der Waals surface area contributed by atoms with Crippen LogP contribution >= 0.6 is 0 Å². The summed E-state index contributed by atoms with van der Waals surface area (Å²) in [4.78, 5) is 10.9. The van der Waals surface area contributed by atoms with Gasteiger partial charge in [0.1, 0.15) is 17.5 Å². The highest BCUT2D eigenvalue weighted by Crippen LogP contribution is 2.12. The van der Waals surface area contributed by atoms with Crippen molar-refractivity contribution in [3.8, 4) is 0 Å². The van der Waals surface area contributed by atoms with Gasteiger partial charge in [-0.25, -0.2) is 18.0 Å². The summed E-state index contributed by atoms with van der Waals surface area (Å²) in [5.41, 5.74) is 0.873. The minimum atomic E-state index is -1.36. The van der Waals surface area contributed by atoms with Crippen molar-refractivity contribution in [1.82, 2.24) is 10.6 Å². The number of aliphatic hydroxyl groups is 1. The Bertz CT molecular complexity index is 738. The topological polar surface area (TPSA) is 81.6 Å². The molecule has 0 bridgehead atoms. The number of aliphatic hydroxyl groups excluding tert-OH is 1. The van der Waals surface area contributed by atoms with Gasteiger partial charge in [0.05, 0.1) is 12.1 Å². The zero-order valence-electron chi connectivity index (χ0n) is 13.8. The molecule has 2 atom stereocenters. The molecule has 0 spiro atoms. The SMILES string of the molecule is O=C(O)N[C@@H](Cc1cc(F)cc(F)c1)[C@H](O)CNCc1cccc(F)c1. The second-order valence-electron chi connectivity index (χ2n) is 5.87. The monoisotopic (exact) mass is 368 g/mol. The lowest BCUT2D eigenvalue weighted by molar-refractivity contribution is 0.117. The third-order valence-corrected chi connectivity index (χ3v) is 3.72. The molecule has 2 aromatic rings. The molecule has 0 aliphatic rings. The maximum atomic E-state index is 13.3. The number of amides is 1. The van der Waals surface area contributed by atoms with Crippen molar-refractivity contribution < 1.29 is 28.2 Å². The summed E-state index contributed by atoms with van der Waals surface area (Å²) in [6.07, 6.45) is -2.62. The number of carbonyl (C=O) groups is 1. The Morgan fingerprint density at radius 2 is 1.65 bits per heavy atom. The molecule has 1 amide bonds. The van der Waals surface area contributed by atoms with Crippen LogP contribution in [0, 0.1) is 17.5 Å². The lowest BCUT2D eigenvalue weighted by Gasteiger charge is -2.23. The van der Waals surface area contributed by atoms with Crippen LogP contribution in [0.25, 0.3) is 0 Å². The molecule has 2 aromatic carbocycles. The van der Waals surface area contributed by atoms with E-state index in [1.165, 1.54) is 12.1 Å². The number of nitrogens with one attached hydrogen (secondary N) is 2. The predicted molar refractivity (Wildman–Crippen MR) is 89.1 cm³/mol. The van der Waals surface area contributed by atoms with Gasteiger partial charge in [0.15, 0.2) is 0 Å². The Balaban J connectivity index is 1.97. The van der Waals surface area contributed by atoms with E-state index >= 15 is 0 Å². The van der Waals surface area contributed by atoms with Gasteiger partial charge in [0, 0.05) is 19.2 Å². The fourth-order valence-electron chi connectivity index (χ4n) is 2.58. The molecule has 0 saturated carbocycles. The van der Waals surface area contributed by atoms with Crippen molar-refractivity contribution in [2.45, 2.75) is 25.1 Å². The number of carboxylic acid groups (broad SMARTS) is 1. The number of halogens is 3. The molecule has 5 nitrogen and oxygen atoms in total. The first kappa shape index (κ1) is 19.7. The first-order chi connectivity index (χ1) is 12.3. The quantitative estimate of drug-likeness (QED) is 0.577. The van der Waals surface area contributed by atoms with E-state index in [2.05, 4.69) is 10.6 Å². The van der Waals surface area contributed by atoms with Gasteiger partial charge in [-0.2, -0.15) is 0 Å². The van der Waals surface area contributed by atoms with Crippen LogP contribution in [0.5, 0.6) is 0 Å². The van der Waals surface area contributed by atoms with Crippen LogP contribution in [-0.2, 0) is 13.0 Å². The van der Waals surface area contributed by atoms with Crippen LogP contribution in [-0.4, -0.2) is 35.0 Å². The Labute approximate surface area is 148 Å². The zero-order valence-corrected chi connectivity index (χ0v) is 13.8. The van der Waals surface area contributed by atoms with Gasteiger partial charge in [0.2, 0.25) is 0 Å². The summed E-state index contributed by atoms with van der Waals surface area (Å²) in [5.74, 6) is -1.95. The third-order valence-electron chi connectivity index (χ3n) is 3.72. The Hall–Kier alpha value is -2.58. The number of rotatable bonds is 8. The first-order valence-electron chi connectivity index (χ1n) is 7.91. The Morgan fingerprint density at radius 3 is 2.27 bits per heavy atom. The smallest absolute Gasteiger partial charge is 0.404 e. The fourth-order valence-corrected chi connectivity index (χ4v) is 2.58. The molecule has 0 unspecified atom stereocenters. The average molecular weight is 368 g/mol. The molecule has 0 aliphatic heterocycles. The number of hydrogen-bond donors (Lipinski definition) is 4. The van der Waals surface area contributed by atoms with E-state index in [0.717, 1.165) is 12.1 Å². The number of benzene rings is 2. The van der Waals surface area contributed by atoms with Crippen molar-refractivity contribution in [2.75, 3.05) is 6.54 Å². The molecule has 26 heavy (non-hydrogen) atoms. The lowest BCUT2D eigenvalue weighted by Crippen LogP contribution is -2.48. The van der Waals surface area contributed by atoms with Gasteiger partial charge >= 0.3 is 6.09 Å². The maximum absolute atomic E-state index is 13.3. The summed E-state index contributed by atoms with van der Waals surface area (Å²) in [6, 6.07) is 7.78. The summed E-state index contributed by atoms with van der Waals surface area (Å²) in [7, 11) is 0. The molecule has 0 aliphatic carbocycles. The van der Waals surface area contributed by atoms with Crippen molar-refractivity contribution >= 4 is 6.09 Å². The van der Waals surface area contributed by atoms with E-state index < -0.39 is 29.9 Å². The molecule has 0 heterocycles. The third kappa shape index (κ3) is 6.38. The second kappa shape index (κ2) is 9.21. The highest BCUT2D eigenvalue weighted by molar-refractivity contribution is 5.65. The molecule has 0 radical (unpaired) electrons. The van der Waals surface area contributed by atoms with Crippen molar-refractivity contribution in [1.29, 1.82) is 0 Å². The number of hydrogen-bond acceptors (Lipinski definition) is 3. The molecular formula is C18H19F3N2O3. The van der Waals surface area contributed by atoms with E-state index in [1.54, 1.807) is 12.1 Å². The minimum Gasteiger partial charge on any atom is -0.465 e. The van der Waals surface area contributed by atoms with Crippen molar-refractivity contribution in [2.24, 2.45) is 0 Å². The highest BCUT2D eigenvalue weighted by Gasteiger charge is 2.22. The van der Waals surface area contributed by atoms with Gasteiger partial charge in [-0.05, 0) is 41.8 Å². The van der Waals surface area contributed by atoms with E-state index in [9.17, 15) is 23.1 Å². The van der Waals surface area contributed by atoms with Crippen LogP contribution in [0.2, 0.25) is 0 Å². The van der Waals surface area contributed by atoms with Crippen LogP contribution < -0.4 is 10.6 Å². The van der Waals surface area contributed by atoms with Crippen molar-refractivity contribution in [3.63, 3.8) is 0 Å². The summed E-state index contributed by atoms with van der Waals surface area (Å²) < 4.78 is 39.7. The van der Waals surface area contributed by atoms with Gasteiger partial charge in [-0.3, -0.25) is 0 Å². The van der Waals surface area contributed by atoms with Crippen LogP contribution in [0.3, 0.4) is 0 Å². The molecular weight excluding hydrogens is 349 g/mol. The molecule has 0 fully saturated rings. The van der Waals surface area contributed by atoms with Gasteiger partial charge in [-0.15, -0.1) is 0 Å². The Kier molecular flexibility index (Phi) is 6.99. The standard InChI is InChI=1S/C18H19F3N2O3/c19-13-3-1-2-11(4-13)9-22-10-17(24)16(23-18(25)26)7-12-5-14(20)8-15(21)6-12/h1-6,8,16-17,22-24H,7,9-10H2,(H,25,26)/t16-,17+/m0/s1. The predicted octanol–water partition coefficient (Wildman–Crippen LogP) is 2.43. The minimum absolute atomic E-state index is 0.000736. The molecule has 140 valence electrons. The van der Waals surface area contributed by atoms with E-state index in [0.29, 0.717) is 11.6 Å².